The highest BCUT2D eigenvalue weighted by Crippen LogP contribution is 2.28. The molecular weight excluding hydrogens is 405 g/mol. The minimum atomic E-state index is -0.691. The van der Waals surface area contributed by atoms with Gasteiger partial charge in [0.15, 0.2) is 5.96 Å². The highest BCUT2D eigenvalue weighted by atomic mass is 127. The van der Waals surface area contributed by atoms with Gasteiger partial charge in [-0.25, -0.2) is 0 Å². The van der Waals surface area contributed by atoms with Gasteiger partial charge in [-0.3, -0.25) is 4.99 Å². The molecule has 5 nitrogen and oxygen atoms in total. The lowest BCUT2D eigenvalue weighted by atomic mass is 10.0. The number of nitrogens with one attached hydrogen (secondary N) is 2. The van der Waals surface area contributed by atoms with Crippen LogP contribution in [0, 0.1) is 5.92 Å². The van der Waals surface area contributed by atoms with Crippen molar-refractivity contribution in [3.8, 4) is 0 Å². The van der Waals surface area contributed by atoms with E-state index in [2.05, 4.69) is 15.6 Å². The average molecular weight is 435 g/mol. The van der Waals surface area contributed by atoms with Gasteiger partial charge in [-0.05, 0) is 37.8 Å². The van der Waals surface area contributed by atoms with E-state index in [0.29, 0.717) is 12.3 Å². The molecule has 0 aromatic carbocycles. The van der Waals surface area contributed by atoms with E-state index in [-0.39, 0.29) is 24.0 Å². The van der Waals surface area contributed by atoms with E-state index < -0.39 is 6.10 Å². The van der Waals surface area contributed by atoms with E-state index in [0.717, 1.165) is 25.0 Å². The van der Waals surface area contributed by atoms with Crippen molar-refractivity contribution in [1.29, 1.82) is 0 Å². The highest BCUT2D eigenvalue weighted by Gasteiger charge is 2.14. The van der Waals surface area contributed by atoms with Crippen LogP contribution in [-0.4, -0.2) is 30.7 Å². The second-order valence-corrected chi connectivity index (χ2v) is 5.97. The van der Waals surface area contributed by atoms with Gasteiger partial charge in [0, 0.05) is 13.1 Å². The first-order valence-electron chi connectivity index (χ1n) is 8.53. The molecule has 1 atom stereocenters. The maximum Gasteiger partial charge on any atom is 0.191 e. The van der Waals surface area contributed by atoms with Crippen molar-refractivity contribution in [3.05, 3.63) is 24.2 Å². The molecule has 0 spiro atoms. The third kappa shape index (κ3) is 7.56. The van der Waals surface area contributed by atoms with Crippen molar-refractivity contribution in [2.75, 3.05) is 19.6 Å². The van der Waals surface area contributed by atoms with Crippen LogP contribution in [0.5, 0.6) is 0 Å². The molecule has 1 aliphatic carbocycles. The molecule has 0 radical (unpaired) electrons. The molecule has 1 heterocycles. The van der Waals surface area contributed by atoms with E-state index in [1.165, 1.54) is 38.5 Å². The van der Waals surface area contributed by atoms with E-state index in [1.54, 1.807) is 18.4 Å². The molecule has 0 saturated heterocycles. The second kappa shape index (κ2) is 11.7. The summed E-state index contributed by atoms with van der Waals surface area (Å²) in [5, 5.41) is 16.5. The number of nitrogens with zero attached hydrogens (tertiary/aromatic N) is 1. The van der Waals surface area contributed by atoms with Crippen molar-refractivity contribution in [1.82, 2.24) is 10.6 Å². The zero-order chi connectivity index (χ0) is 15.6. The number of aliphatic hydroxyl groups excluding tert-OH is 1. The number of aliphatic hydroxyl groups is 1. The third-order valence-electron chi connectivity index (χ3n) is 4.19. The number of furan rings is 1. The fraction of sp³-hybridized carbons (Fsp3) is 0.706. The smallest absolute Gasteiger partial charge is 0.191 e. The summed E-state index contributed by atoms with van der Waals surface area (Å²) in [4.78, 5) is 4.42. The average Bonchev–Trinajstić information content (AvgIpc) is 3.21. The van der Waals surface area contributed by atoms with E-state index in [1.807, 2.05) is 6.92 Å². The Kier molecular flexibility index (Phi) is 10.3. The number of aliphatic imine (C=N–C) groups is 1. The number of halogens is 1. The van der Waals surface area contributed by atoms with Crippen LogP contribution in [0.25, 0.3) is 0 Å². The Labute approximate surface area is 156 Å². The fourth-order valence-corrected chi connectivity index (χ4v) is 2.99. The maximum absolute atomic E-state index is 9.99. The third-order valence-corrected chi connectivity index (χ3v) is 4.19. The van der Waals surface area contributed by atoms with Gasteiger partial charge in [0.1, 0.15) is 11.9 Å². The summed E-state index contributed by atoms with van der Waals surface area (Å²) in [6.07, 6.45) is 8.99. The maximum atomic E-state index is 9.99. The first kappa shape index (κ1) is 20.3. The fourth-order valence-electron chi connectivity index (χ4n) is 2.99. The van der Waals surface area contributed by atoms with Gasteiger partial charge in [-0.15, -0.1) is 24.0 Å². The van der Waals surface area contributed by atoms with Gasteiger partial charge in [0.2, 0.25) is 0 Å². The topological polar surface area (TPSA) is 69.8 Å². The second-order valence-electron chi connectivity index (χ2n) is 5.97. The summed E-state index contributed by atoms with van der Waals surface area (Å²) < 4.78 is 5.18. The zero-order valence-corrected chi connectivity index (χ0v) is 16.3. The van der Waals surface area contributed by atoms with Crippen LogP contribution >= 0.6 is 24.0 Å². The molecule has 1 aromatic rings. The molecule has 1 aliphatic rings. The van der Waals surface area contributed by atoms with Crippen LogP contribution in [0.1, 0.15) is 57.3 Å². The molecule has 0 aliphatic heterocycles. The highest BCUT2D eigenvalue weighted by molar-refractivity contribution is 14.0. The summed E-state index contributed by atoms with van der Waals surface area (Å²) in [5.74, 6) is 2.25. The summed E-state index contributed by atoms with van der Waals surface area (Å²) in [7, 11) is 0. The molecule has 1 fully saturated rings. The Hall–Kier alpha value is -0.760. The Morgan fingerprint density at radius 2 is 2.17 bits per heavy atom. The minimum Gasteiger partial charge on any atom is -0.467 e. The Morgan fingerprint density at radius 3 is 2.83 bits per heavy atom. The number of guanidine groups is 1. The lowest BCUT2D eigenvalue weighted by Gasteiger charge is -2.13. The first-order valence-corrected chi connectivity index (χ1v) is 8.53. The first-order chi connectivity index (χ1) is 10.8. The van der Waals surface area contributed by atoms with E-state index in [9.17, 15) is 5.11 Å². The predicted molar refractivity (Wildman–Crippen MR) is 104 cm³/mol. The van der Waals surface area contributed by atoms with Crippen LogP contribution in [0.2, 0.25) is 0 Å². The summed E-state index contributed by atoms with van der Waals surface area (Å²) in [5.41, 5.74) is 0. The number of rotatable bonds is 8. The number of hydrogen-bond donors (Lipinski definition) is 3. The van der Waals surface area contributed by atoms with E-state index in [4.69, 9.17) is 4.42 Å². The molecule has 1 aromatic heterocycles. The van der Waals surface area contributed by atoms with Crippen molar-refractivity contribution < 1.29 is 9.52 Å². The van der Waals surface area contributed by atoms with Gasteiger partial charge in [0.05, 0.1) is 12.8 Å². The molecule has 1 unspecified atom stereocenters. The lowest BCUT2D eigenvalue weighted by molar-refractivity contribution is 0.158. The quantitative estimate of drug-likeness (QED) is 0.253. The normalized spacial score (nSPS) is 16.9. The van der Waals surface area contributed by atoms with Gasteiger partial charge in [-0.2, -0.15) is 0 Å². The van der Waals surface area contributed by atoms with Crippen LogP contribution < -0.4 is 10.6 Å². The monoisotopic (exact) mass is 435 g/mol. The molecule has 0 bridgehead atoms. The molecule has 3 N–H and O–H groups in total. The van der Waals surface area contributed by atoms with Crippen LogP contribution in [0.3, 0.4) is 0 Å². The molecule has 0 amide bonds. The summed E-state index contributed by atoms with van der Waals surface area (Å²) in [6.45, 7) is 4.08. The molecular formula is C17H30IN3O2. The van der Waals surface area contributed by atoms with Gasteiger partial charge in [-0.1, -0.05) is 25.7 Å². The zero-order valence-electron chi connectivity index (χ0n) is 14.0. The standard InChI is InChI=1S/C17H29N3O2.HI/c1-2-18-17(19-11-5-9-14-7-3-4-8-14)20-13-15(21)16-10-6-12-22-16;/h6,10,12,14-15,21H,2-5,7-9,11,13H2,1H3,(H2,18,19,20);1H. The summed E-state index contributed by atoms with van der Waals surface area (Å²) >= 11 is 0. The van der Waals surface area contributed by atoms with Gasteiger partial charge < -0.3 is 20.2 Å². The van der Waals surface area contributed by atoms with Crippen molar-refractivity contribution in [2.45, 2.75) is 51.6 Å². The van der Waals surface area contributed by atoms with E-state index >= 15 is 0 Å². The lowest BCUT2D eigenvalue weighted by Crippen LogP contribution is -2.38. The molecule has 6 heteroatoms. The van der Waals surface area contributed by atoms with Crippen molar-refractivity contribution >= 4 is 29.9 Å². The van der Waals surface area contributed by atoms with Crippen molar-refractivity contribution in [3.63, 3.8) is 0 Å². The van der Waals surface area contributed by atoms with Gasteiger partial charge in [0.25, 0.3) is 0 Å². The van der Waals surface area contributed by atoms with Gasteiger partial charge >= 0.3 is 0 Å². The van der Waals surface area contributed by atoms with Crippen molar-refractivity contribution in [2.24, 2.45) is 10.9 Å². The Bertz CT molecular complexity index is 431. The predicted octanol–water partition coefficient (Wildman–Crippen LogP) is 3.46. The Balaban J connectivity index is 0.00000264. The van der Waals surface area contributed by atoms with Crippen LogP contribution in [-0.2, 0) is 0 Å². The SMILES string of the molecule is CCNC(=NCC(O)c1ccco1)NCCCC1CCCC1.I. The largest absolute Gasteiger partial charge is 0.467 e. The molecule has 132 valence electrons. The van der Waals surface area contributed by atoms with Crippen LogP contribution in [0.15, 0.2) is 27.8 Å². The minimum absolute atomic E-state index is 0. The molecule has 1 saturated carbocycles. The van der Waals surface area contributed by atoms with Crippen LogP contribution in [0.4, 0.5) is 0 Å². The molecule has 2 rings (SSSR count). The Morgan fingerprint density at radius 1 is 1.39 bits per heavy atom. The molecule has 23 heavy (non-hydrogen) atoms. The number of hydrogen-bond acceptors (Lipinski definition) is 3. The summed E-state index contributed by atoms with van der Waals surface area (Å²) in [6, 6.07) is 3.54.